The lowest BCUT2D eigenvalue weighted by atomic mass is 10.0. The maximum Gasteiger partial charge on any atom is 0.258 e. The number of benzene rings is 2. The van der Waals surface area contributed by atoms with Gasteiger partial charge in [0.15, 0.2) is 0 Å². The summed E-state index contributed by atoms with van der Waals surface area (Å²) in [5.41, 5.74) is 6.32. The van der Waals surface area contributed by atoms with E-state index in [4.69, 9.17) is 14.4 Å². The molecular formula is C25H33N3O3. The number of hydrogen-bond acceptors (Lipinski definition) is 6. The molecule has 0 aliphatic rings. The van der Waals surface area contributed by atoms with E-state index in [1.54, 1.807) is 0 Å². The summed E-state index contributed by atoms with van der Waals surface area (Å²) in [7, 11) is 2.11. The van der Waals surface area contributed by atoms with Gasteiger partial charge in [0.2, 0.25) is 5.82 Å². The quantitative estimate of drug-likeness (QED) is 0.466. The summed E-state index contributed by atoms with van der Waals surface area (Å²) in [5, 5.41) is 13.2. The molecule has 0 bridgehead atoms. The van der Waals surface area contributed by atoms with Gasteiger partial charge in [-0.05, 0) is 88.2 Å². The lowest BCUT2D eigenvalue weighted by Gasteiger charge is -2.14. The van der Waals surface area contributed by atoms with Crippen molar-refractivity contribution >= 4 is 0 Å². The van der Waals surface area contributed by atoms with Gasteiger partial charge in [0.1, 0.15) is 5.75 Å². The first kappa shape index (κ1) is 23.0. The Morgan fingerprint density at radius 3 is 2.42 bits per heavy atom. The largest absolute Gasteiger partial charge is 0.493 e. The summed E-state index contributed by atoms with van der Waals surface area (Å²) >= 11 is 0. The molecule has 1 N–H and O–H groups in total. The molecule has 0 aliphatic carbocycles. The fourth-order valence-corrected chi connectivity index (χ4v) is 3.65. The highest BCUT2D eigenvalue weighted by molar-refractivity contribution is 5.64. The summed E-state index contributed by atoms with van der Waals surface area (Å²) in [6.07, 6.45) is 1.58. The van der Waals surface area contributed by atoms with Gasteiger partial charge >= 0.3 is 0 Å². The number of aryl methyl sites for hydroxylation is 3. The number of rotatable bonds is 10. The van der Waals surface area contributed by atoms with Crippen molar-refractivity contribution in [3.05, 3.63) is 52.6 Å². The van der Waals surface area contributed by atoms with Gasteiger partial charge in [0, 0.05) is 24.3 Å². The van der Waals surface area contributed by atoms with E-state index in [9.17, 15) is 0 Å². The predicted molar refractivity (Wildman–Crippen MR) is 123 cm³/mol. The molecule has 1 heterocycles. The van der Waals surface area contributed by atoms with Gasteiger partial charge in [-0.3, -0.25) is 0 Å². The van der Waals surface area contributed by atoms with Crippen LogP contribution in [-0.4, -0.2) is 47.0 Å². The van der Waals surface area contributed by atoms with E-state index >= 15 is 0 Å². The average Bonchev–Trinajstić information content (AvgIpc) is 3.22. The Balaban J connectivity index is 1.82. The molecule has 3 aromatic rings. The molecule has 0 atom stereocenters. The molecule has 31 heavy (non-hydrogen) atoms. The molecule has 0 aliphatic heterocycles. The minimum Gasteiger partial charge on any atom is -0.493 e. The van der Waals surface area contributed by atoms with Crippen LogP contribution in [0.2, 0.25) is 0 Å². The Morgan fingerprint density at radius 1 is 1.00 bits per heavy atom. The predicted octanol–water partition coefficient (Wildman–Crippen LogP) is 4.93. The summed E-state index contributed by atoms with van der Waals surface area (Å²) in [4.78, 5) is 6.93. The second-order valence-electron chi connectivity index (χ2n) is 8.18. The van der Waals surface area contributed by atoms with Gasteiger partial charge in [-0.2, -0.15) is 4.98 Å². The normalized spacial score (nSPS) is 11.3. The van der Waals surface area contributed by atoms with Crippen LogP contribution in [0, 0.1) is 20.8 Å². The highest BCUT2D eigenvalue weighted by Crippen LogP contribution is 2.30. The Labute approximate surface area is 184 Å². The molecule has 6 nitrogen and oxygen atoms in total. The topological polar surface area (TPSA) is 71.6 Å². The monoisotopic (exact) mass is 423 g/mol. The second kappa shape index (κ2) is 10.6. The van der Waals surface area contributed by atoms with Gasteiger partial charge in [-0.1, -0.05) is 23.7 Å². The van der Waals surface area contributed by atoms with Crippen molar-refractivity contribution in [2.24, 2.45) is 0 Å². The number of aliphatic hydroxyl groups is 1. The summed E-state index contributed by atoms with van der Waals surface area (Å²) in [5.74, 6) is 1.98. The van der Waals surface area contributed by atoms with Crippen LogP contribution in [0.5, 0.6) is 5.75 Å². The first-order chi connectivity index (χ1) is 14.9. The molecule has 2 aromatic carbocycles. The fraction of sp³-hybridized carbons (Fsp3) is 0.440. The van der Waals surface area contributed by atoms with Gasteiger partial charge in [0.25, 0.3) is 5.89 Å². The van der Waals surface area contributed by atoms with Crippen molar-refractivity contribution in [1.82, 2.24) is 15.0 Å². The number of ether oxygens (including phenoxy) is 1. The smallest absolute Gasteiger partial charge is 0.258 e. The fourth-order valence-electron chi connectivity index (χ4n) is 3.65. The molecule has 0 spiro atoms. The van der Waals surface area contributed by atoms with E-state index in [0.29, 0.717) is 18.3 Å². The Hall–Kier alpha value is -2.70. The zero-order valence-electron chi connectivity index (χ0n) is 19.2. The van der Waals surface area contributed by atoms with E-state index in [1.807, 2.05) is 26.0 Å². The van der Waals surface area contributed by atoms with Crippen molar-refractivity contribution in [2.45, 2.75) is 47.1 Å². The molecule has 1 aromatic heterocycles. The second-order valence-corrected chi connectivity index (χ2v) is 8.18. The molecule has 166 valence electrons. The van der Waals surface area contributed by atoms with Crippen LogP contribution in [0.25, 0.3) is 22.8 Å². The van der Waals surface area contributed by atoms with E-state index in [1.165, 1.54) is 11.1 Å². The molecule has 0 radical (unpaired) electrons. The lowest BCUT2D eigenvalue weighted by Crippen LogP contribution is -2.16. The van der Waals surface area contributed by atoms with Gasteiger partial charge < -0.3 is 19.3 Å². The molecule has 0 unspecified atom stereocenters. The van der Waals surface area contributed by atoms with Crippen LogP contribution in [0.15, 0.2) is 34.9 Å². The van der Waals surface area contributed by atoms with Crippen molar-refractivity contribution in [3.63, 3.8) is 0 Å². The standard InChI is InChI=1S/C25H33N3O3/c1-6-28(5)16-20-11-17(2)12-22(15-20)25-26-24(27-31-25)21-13-18(3)23(19(4)14-21)30-10-8-7-9-29/h11-15,29H,6-10,16H2,1-5H3. The van der Waals surface area contributed by atoms with E-state index in [2.05, 4.69) is 54.1 Å². The van der Waals surface area contributed by atoms with Crippen molar-refractivity contribution in [2.75, 3.05) is 26.8 Å². The van der Waals surface area contributed by atoms with Crippen LogP contribution in [0.3, 0.4) is 0 Å². The minimum absolute atomic E-state index is 0.193. The molecule has 6 heteroatoms. The van der Waals surface area contributed by atoms with Gasteiger partial charge in [0.05, 0.1) is 6.61 Å². The first-order valence-electron chi connectivity index (χ1n) is 10.9. The molecular weight excluding hydrogens is 390 g/mol. The van der Waals surface area contributed by atoms with Crippen LogP contribution < -0.4 is 4.74 Å². The van der Waals surface area contributed by atoms with Gasteiger partial charge in [-0.25, -0.2) is 0 Å². The van der Waals surface area contributed by atoms with E-state index in [-0.39, 0.29) is 6.61 Å². The minimum atomic E-state index is 0.193. The Kier molecular flexibility index (Phi) is 7.82. The van der Waals surface area contributed by atoms with Crippen molar-refractivity contribution in [1.29, 1.82) is 0 Å². The van der Waals surface area contributed by atoms with Crippen LogP contribution in [0.4, 0.5) is 0 Å². The third-order valence-corrected chi connectivity index (χ3v) is 5.32. The van der Waals surface area contributed by atoms with Crippen LogP contribution in [0.1, 0.15) is 42.0 Å². The number of aliphatic hydroxyl groups excluding tert-OH is 1. The van der Waals surface area contributed by atoms with Crippen LogP contribution >= 0.6 is 0 Å². The number of aromatic nitrogens is 2. The van der Waals surface area contributed by atoms with Crippen molar-refractivity contribution in [3.8, 4) is 28.6 Å². The summed E-state index contributed by atoms with van der Waals surface area (Å²) in [6, 6.07) is 10.4. The van der Waals surface area contributed by atoms with Crippen molar-refractivity contribution < 1.29 is 14.4 Å². The SMILES string of the molecule is CCN(C)Cc1cc(C)cc(-c2nc(-c3cc(C)c(OCCCCO)c(C)c3)no2)c1. The number of hydrogen-bond donors (Lipinski definition) is 1. The lowest BCUT2D eigenvalue weighted by molar-refractivity contribution is 0.252. The molecule has 0 fully saturated rings. The highest BCUT2D eigenvalue weighted by Gasteiger charge is 2.15. The van der Waals surface area contributed by atoms with E-state index in [0.717, 1.165) is 53.9 Å². The molecule has 0 saturated heterocycles. The summed E-state index contributed by atoms with van der Waals surface area (Å²) in [6.45, 7) is 10.9. The number of nitrogens with zero attached hydrogens (tertiary/aromatic N) is 3. The molecule has 0 saturated carbocycles. The average molecular weight is 424 g/mol. The highest BCUT2D eigenvalue weighted by atomic mass is 16.5. The number of unbranched alkanes of at least 4 members (excludes halogenated alkanes) is 1. The third-order valence-electron chi connectivity index (χ3n) is 5.32. The maximum absolute atomic E-state index is 8.92. The first-order valence-corrected chi connectivity index (χ1v) is 10.9. The Morgan fingerprint density at radius 2 is 1.74 bits per heavy atom. The third kappa shape index (κ3) is 5.93. The molecule has 0 amide bonds. The zero-order chi connectivity index (χ0) is 22.4. The van der Waals surface area contributed by atoms with E-state index < -0.39 is 0 Å². The van der Waals surface area contributed by atoms with Crippen LogP contribution in [-0.2, 0) is 6.54 Å². The Bertz CT molecular complexity index is 990. The zero-order valence-corrected chi connectivity index (χ0v) is 19.2. The summed E-state index contributed by atoms with van der Waals surface area (Å²) < 4.78 is 11.5. The maximum atomic E-state index is 8.92. The van der Waals surface area contributed by atoms with Gasteiger partial charge in [-0.15, -0.1) is 0 Å². The molecule has 3 rings (SSSR count).